The molecule has 0 aliphatic heterocycles. The zero-order valence-electron chi connectivity index (χ0n) is 12.3. The van der Waals surface area contributed by atoms with Crippen molar-refractivity contribution in [3.8, 4) is 5.75 Å². The molecule has 1 aromatic carbocycles. The third-order valence-corrected chi connectivity index (χ3v) is 4.08. The molecule has 112 valence electrons. The molecular weight excluding hydrogens is 286 g/mol. The van der Waals surface area contributed by atoms with Crippen LogP contribution in [0.1, 0.15) is 40.9 Å². The van der Waals surface area contributed by atoms with Gasteiger partial charge in [0.1, 0.15) is 5.01 Å². The van der Waals surface area contributed by atoms with E-state index in [0.29, 0.717) is 23.6 Å². The monoisotopic (exact) mass is 305 g/mol. The van der Waals surface area contributed by atoms with Gasteiger partial charge in [0.2, 0.25) is 0 Å². The number of nitrogens with one attached hydrogen (secondary N) is 1. The van der Waals surface area contributed by atoms with Crippen LogP contribution in [0.4, 0.5) is 5.69 Å². The van der Waals surface area contributed by atoms with E-state index in [9.17, 15) is 4.79 Å². The van der Waals surface area contributed by atoms with E-state index in [1.165, 1.54) is 11.3 Å². The van der Waals surface area contributed by atoms with Crippen LogP contribution in [-0.4, -0.2) is 17.5 Å². The molecule has 1 unspecified atom stereocenters. The van der Waals surface area contributed by atoms with E-state index in [1.54, 1.807) is 18.2 Å². The Morgan fingerprint density at radius 3 is 2.90 bits per heavy atom. The number of aromatic nitrogens is 1. The third kappa shape index (κ3) is 3.52. The van der Waals surface area contributed by atoms with E-state index in [2.05, 4.69) is 10.3 Å². The maximum absolute atomic E-state index is 12.4. The van der Waals surface area contributed by atoms with Gasteiger partial charge in [-0.1, -0.05) is 6.07 Å². The number of carbonyl (C=O) groups excluding carboxylic acids is 1. The summed E-state index contributed by atoms with van der Waals surface area (Å²) in [5.41, 5.74) is 7.73. The molecule has 0 aliphatic rings. The zero-order chi connectivity index (χ0) is 15.4. The fourth-order valence-corrected chi connectivity index (χ4v) is 2.75. The van der Waals surface area contributed by atoms with E-state index < -0.39 is 0 Å². The van der Waals surface area contributed by atoms with E-state index in [1.807, 2.05) is 26.2 Å². The van der Waals surface area contributed by atoms with Crippen molar-refractivity contribution < 1.29 is 9.53 Å². The van der Waals surface area contributed by atoms with Gasteiger partial charge in [0, 0.05) is 11.1 Å². The summed E-state index contributed by atoms with van der Waals surface area (Å²) >= 11 is 1.53. The van der Waals surface area contributed by atoms with Gasteiger partial charge in [0.25, 0.3) is 5.91 Å². The summed E-state index contributed by atoms with van der Waals surface area (Å²) in [5, 5.41) is 5.77. The predicted molar refractivity (Wildman–Crippen MR) is 84.8 cm³/mol. The maximum Gasteiger partial charge on any atom is 0.255 e. The Labute approximate surface area is 128 Å². The van der Waals surface area contributed by atoms with E-state index in [-0.39, 0.29) is 11.9 Å². The predicted octanol–water partition coefficient (Wildman–Crippen LogP) is 2.92. The number of aryl methyl sites for hydroxylation is 1. The highest BCUT2D eigenvalue weighted by molar-refractivity contribution is 7.09. The standard InChI is InChI=1S/C15H19N3O2S/c1-4-20-13-11(6-5-7-12(13)16)14(19)18-10(3)15-17-9(2)8-21-15/h5-8,10H,4,16H2,1-3H3,(H,18,19). The zero-order valence-corrected chi connectivity index (χ0v) is 13.2. The third-order valence-electron chi connectivity index (χ3n) is 2.93. The molecular formula is C15H19N3O2S. The molecule has 0 spiro atoms. The molecule has 0 fully saturated rings. The Kier molecular flexibility index (Phi) is 4.80. The molecule has 6 heteroatoms. The highest BCUT2D eigenvalue weighted by Gasteiger charge is 2.18. The van der Waals surface area contributed by atoms with Gasteiger partial charge in [0.05, 0.1) is 23.9 Å². The lowest BCUT2D eigenvalue weighted by Gasteiger charge is -2.15. The van der Waals surface area contributed by atoms with Crippen molar-refractivity contribution in [3.63, 3.8) is 0 Å². The minimum absolute atomic E-state index is 0.160. The SMILES string of the molecule is CCOc1c(N)cccc1C(=O)NC(C)c1nc(C)cs1. The summed E-state index contributed by atoms with van der Waals surface area (Å²) in [5.74, 6) is 0.214. The van der Waals surface area contributed by atoms with Crippen LogP contribution < -0.4 is 15.8 Å². The van der Waals surface area contributed by atoms with E-state index in [4.69, 9.17) is 10.5 Å². The van der Waals surface area contributed by atoms with Crippen LogP contribution in [0.5, 0.6) is 5.75 Å². The highest BCUT2D eigenvalue weighted by Crippen LogP contribution is 2.27. The molecule has 1 amide bonds. The summed E-state index contributed by atoms with van der Waals surface area (Å²) in [6.07, 6.45) is 0. The van der Waals surface area contributed by atoms with Crippen molar-refractivity contribution in [2.45, 2.75) is 26.8 Å². The summed E-state index contributed by atoms with van der Waals surface area (Å²) in [6.45, 7) is 6.15. The van der Waals surface area contributed by atoms with E-state index in [0.717, 1.165) is 10.7 Å². The van der Waals surface area contributed by atoms with Crippen LogP contribution >= 0.6 is 11.3 Å². The topological polar surface area (TPSA) is 77.2 Å². The number of nitrogen functional groups attached to an aromatic ring is 1. The first-order valence-corrected chi connectivity index (χ1v) is 7.65. The summed E-state index contributed by atoms with van der Waals surface area (Å²) in [7, 11) is 0. The van der Waals surface area contributed by atoms with E-state index >= 15 is 0 Å². The lowest BCUT2D eigenvalue weighted by atomic mass is 10.1. The molecule has 0 bridgehead atoms. The van der Waals surface area contributed by atoms with Gasteiger partial charge >= 0.3 is 0 Å². The molecule has 3 N–H and O–H groups in total. The van der Waals surface area contributed by atoms with Crippen molar-refractivity contribution in [2.75, 3.05) is 12.3 Å². The minimum Gasteiger partial charge on any atom is -0.491 e. The van der Waals surface area contributed by atoms with Gasteiger partial charge in [0.15, 0.2) is 5.75 Å². The van der Waals surface area contributed by atoms with Crippen LogP contribution in [0.2, 0.25) is 0 Å². The number of para-hydroxylation sites is 1. The van der Waals surface area contributed by atoms with Crippen LogP contribution in [-0.2, 0) is 0 Å². The molecule has 5 nitrogen and oxygen atoms in total. The Bertz CT molecular complexity index is 640. The molecule has 0 radical (unpaired) electrons. The highest BCUT2D eigenvalue weighted by atomic mass is 32.1. The van der Waals surface area contributed by atoms with Gasteiger partial charge < -0.3 is 15.8 Å². The Balaban J connectivity index is 2.18. The minimum atomic E-state index is -0.217. The number of rotatable bonds is 5. The van der Waals surface area contributed by atoms with Crippen LogP contribution in [0, 0.1) is 6.92 Å². The Hall–Kier alpha value is -2.08. The van der Waals surface area contributed by atoms with Crippen LogP contribution in [0.25, 0.3) is 0 Å². The molecule has 0 saturated carbocycles. The number of amides is 1. The first kappa shape index (κ1) is 15.3. The number of ether oxygens (including phenoxy) is 1. The van der Waals surface area contributed by atoms with Gasteiger partial charge in [-0.15, -0.1) is 11.3 Å². The normalized spacial score (nSPS) is 12.0. The van der Waals surface area contributed by atoms with Gasteiger partial charge in [-0.2, -0.15) is 0 Å². The van der Waals surface area contributed by atoms with Gasteiger partial charge in [-0.25, -0.2) is 4.98 Å². The fourth-order valence-electron chi connectivity index (χ4n) is 1.95. The Morgan fingerprint density at radius 2 is 2.29 bits per heavy atom. The number of nitrogens with zero attached hydrogens (tertiary/aromatic N) is 1. The number of benzene rings is 1. The van der Waals surface area contributed by atoms with Crippen LogP contribution in [0.15, 0.2) is 23.6 Å². The second-order valence-electron chi connectivity index (χ2n) is 4.68. The molecule has 2 rings (SSSR count). The van der Waals surface area contributed by atoms with Gasteiger partial charge in [-0.3, -0.25) is 4.79 Å². The number of hydrogen-bond donors (Lipinski definition) is 2. The lowest BCUT2D eigenvalue weighted by Crippen LogP contribution is -2.27. The van der Waals surface area contributed by atoms with Crippen LogP contribution in [0.3, 0.4) is 0 Å². The quantitative estimate of drug-likeness (QED) is 0.833. The average molecular weight is 305 g/mol. The first-order valence-electron chi connectivity index (χ1n) is 6.77. The second kappa shape index (κ2) is 6.58. The van der Waals surface area contributed by atoms with Crippen molar-refractivity contribution in [1.82, 2.24) is 10.3 Å². The van der Waals surface area contributed by atoms with Crippen molar-refractivity contribution in [1.29, 1.82) is 0 Å². The summed E-state index contributed by atoms with van der Waals surface area (Å²) in [6, 6.07) is 5.00. The first-order chi connectivity index (χ1) is 10.0. The summed E-state index contributed by atoms with van der Waals surface area (Å²) in [4.78, 5) is 16.8. The molecule has 1 atom stereocenters. The smallest absolute Gasteiger partial charge is 0.255 e. The molecule has 2 aromatic rings. The lowest BCUT2D eigenvalue weighted by molar-refractivity contribution is 0.0936. The number of nitrogens with two attached hydrogens (primary N) is 1. The molecule has 0 aliphatic carbocycles. The fraction of sp³-hybridized carbons (Fsp3) is 0.333. The molecule has 1 heterocycles. The number of carbonyl (C=O) groups is 1. The molecule has 21 heavy (non-hydrogen) atoms. The Morgan fingerprint density at radius 1 is 1.52 bits per heavy atom. The van der Waals surface area contributed by atoms with Crippen molar-refractivity contribution in [3.05, 3.63) is 39.8 Å². The maximum atomic E-state index is 12.4. The average Bonchev–Trinajstić information content (AvgIpc) is 2.88. The summed E-state index contributed by atoms with van der Waals surface area (Å²) < 4.78 is 5.48. The van der Waals surface area contributed by atoms with Crippen molar-refractivity contribution >= 4 is 22.9 Å². The van der Waals surface area contributed by atoms with Gasteiger partial charge in [-0.05, 0) is 32.9 Å². The molecule has 0 saturated heterocycles. The largest absolute Gasteiger partial charge is 0.491 e. The number of hydrogen-bond acceptors (Lipinski definition) is 5. The second-order valence-corrected chi connectivity index (χ2v) is 5.57. The number of thiazole rings is 1. The molecule has 1 aromatic heterocycles. The van der Waals surface area contributed by atoms with Crippen molar-refractivity contribution in [2.24, 2.45) is 0 Å². The number of anilines is 1.